The van der Waals surface area contributed by atoms with E-state index in [2.05, 4.69) is 20.4 Å². The maximum Gasteiger partial charge on any atom is 0.355 e. The Bertz CT molecular complexity index is 551. The molecule has 2 rings (SSSR count). The minimum absolute atomic E-state index is 0.109. The first-order valence-electron chi connectivity index (χ1n) is 4.89. The zero-order valence-electron chi connectivity index (χ0n) is 8.99. The van der Waals surface area contributed by atoms with E-state index >= 15 is 0 Å². The molecule has 8 nitrogen and oxygen atoms in total. The van der Waals surface area contributed by atoms with Gasteiger partial charge in [0.05, 0.1) is 0 Å². The lowest BCUT2D eigenvalue weighted by Gasteiger charge is -1.99. The van der Waals surface area contributed by atoms with Gasteiger partial charge in [0, 0.05) is 18.3 Å². The van der Waals surface area contributed by atoms with Crippen molar-refractivity contribution in [1.29, 1.82) is 0 Å². The van der Waals surface area contributed by atoms with Gasteiger partial charge in [-0.3, -0.25) is 4.79 Å². The molecule has 0 unspecified atom stereocenters. The second-order valence-corrected chi connectivity index (χ2v) is 4.04. The molecule has 0 fully saturated rings. The summed E-state index contributed by atoms with van der Waals surface area (Å²) in [5, 5.41) is 16.1. The maximum absolute atomic E-state index is 11.6. The quantitative estimate of drug-likeness (QED) is 0.794. The first-order chi connectivity index (χ1) is 8.66. The van der Waals surface area contributed by atoms with Crippen molar-refractivity contribution in [2.45, 2.75) is 6.42 Å². The Morgan fingerprint density at radius 1 is 1.50 bits per heavy atom. The van der Waals surface area contributed by atoms with Gasteiger partial charge in [-0.05, 0) is 0 Å². The topological polar surface area (TPSA) is 118 Å². The summed E-state index contributed by atoms with van der Waals surface area (Å²) in [4.78, 5) is 29.7. The van der Waals surface area contributed by atoms with Gasteiger partial charge in [-0.15, -0.1) is 11.3 Å². The van der Waals surface area contributed by atoms with Gasteiger partial charge in [0.25, 0.3) is 5.91 Å². The zero-order valence-corrected chi connectivity index (χ0v) is 9.81. The number of carboxylic acids is 1. The van der Waals surface area contributed by atoms with E-state index < -0.39 is 11.9 Å². The van der Waals surface area contributed by atoms with Crippen molar-refractivity contribution >= 4 is 23.2 Å². The molecule has 0 radical (unpaired) electrons. The van der Waals surface area contributed by atoms with Gasteiger partial charge in [0.15, 0.2) is 17.0 Å². The highest BCUT2D eigenvalue weighted by Crippen LogP contribution is 2.09. The Hall–Kier alpha value is -2.29. The van der Waals surface area contributed by atoms with Crippen molar-refractivity contribution in [3.05, 3.63) is 28.3 Å². The molecule has 0 aliphatic rings. The lowest BCUT2D eigenvalue weighted by molar-refractivity contribution is 0.0691. The predicted molar refractivity (Wildman–Crippen MR) is 59.4 cm³/mol. The highest BCUT2D eigenvalue weighted by molar-refractivity contribution is 7.11. The molecule has 0 saturated heterocycles. The van der Waals surface area contributed by atoms with Crippen molar-refractivity contribution in [2.24, 2.45) is 0 Å². The van der Waals surface area contributed by atoms with Gasteiger partial charge in [-0.2, -0.15) is 4.98 Å². The average molecular weight is 268 g/mol. The van der Waals surface area contributed by atoms with Crippen molar-refractivity contribution in [3.8, 4) is 0 Å². The Kier molecular flexibility index (Phi) is 3.63. The lowest BCUT2D eigenvalue weighted by atomic mass is 10.4. The average Bonchev–Trinajstić information content (AvgIpc) is 2.99. The van der Waals surface area contributed by atoms with E-state index in [1.54, 1.807) is 0 Å². The van der Waals surface area contributed by atoms with E-state index in [4.69, 9.17) is 9.63 Å². The van der Waals surface area contributed by atoms with Crippen molar-refractivity contribution < 1.29 is 19.2 Å². The Morgan fingerprint density at radius 2 is 2.33 bits per heavy atom. The molecule has 1 amide bonds. The minimum atomic E-state index is -1.16. The minimum Gasteiger partial charge on any atom is -0.476 e. The van der Waals surface area contributed by atoms with Gasteiger partial charge in [0.1, 0.15) is 0 Å². The number of amides is 1. The number of carbonyl (C=O) groups is 2. The number of aromatic nitrogens is 3. The molecule has 0 aliphatic heterocycles. The van der Waals surface area contributed by atoms with Gasteiger partial charge >= 0.3 is 5.97 Å². The largest absolute Gasteiger partial charge is 0.476 e. The summed E-state index contributed by atoms with van der Waals surface area (Å²) >= 11 is 0.979. The number of nitrogens with zero attached hydrogens (tertiary/aromatic N) is 3. The number of nitrogens with one attached hydrogen (secondary N) is 1. The second kappa shape index (κ2) is 5.36. The maximum atomic E-state index is 11.6. The van der Waals surface area contributed by atoms with Crippen LogP contribution in [0, 0.1) is 0 Å². The summed E-state index contributed by atoms with van der Waals surface area (Å²) in [6.45, 7) is 0.309. The molecule has 0 saturated carbocycles. The number of rotatable bonds is 5. The van der Waals surface area contributed by atoms with Crippen molar-refractivity contribution in [3.63, 3.8) is 0 Å². The molecule has 0 aromatic carbocycles. The normalized spacial score (nSPS) is 10.2. The predicted octanol–water partition coefficient (Wildman–Crippen LogP) is 0.197. The third kappa shape index (κ3) is 2.88. The number of carbonyl (C=O) groups excluding carboxylic acids is 1. The summed E-state index contributed by atoms with van der Waals surface area (Å²) in [6.07, 6.45) is 1.68. The van der Waals surface area contributed by atoms with Crippen molar-refractivity contribution in [1.82, 2.24) is 20.4 Å². The molecule has 0 aliphatic carbocycles. The first kappa shape index (κ1) is 12.2. The van der Waals surface area contributed by atoms with Crippen LogP contribution in [0.5, 0.6) is 0 Å². The fourth-order valence-electron chi connectivity index (χ4n) is 1.14. The number of thiazole rings is 1. The third-order valence-electron chi connectivity index (χ3n) is 1.95. The van der Waals surface area contributed by atoms with E-state index in [0.29, 0.717) is 18.9 Å². The monoisotopic (exact) mass is 268 g/mol. The standard InChI is InChI=1S/C9H8N4O4S/c14-7(8-13-5(3-18-8)9(15)16)10-2-1-6-11-4-12-17-6/h3-4H,1-2H2,(H,10,14)(H,15,16). The van der Waals surface area contributed by atoms with Crippen LogP contribution in [-0.4, -0.2) is 38.7 Å². The Balaban J connectivity index is 1.85. The molecule has 94 valence electrons. The molecule has 0 atom stereocenters. The van der Waals surface area contributed by atoms with Crippen LogP contribution >= 0.6 is 11.3 Å². The fourth-order valence-corrected chi connectivity index (χ4v) is 1.85. The molecule has 2 N–H and O–H groups in total. The molecule has 0 spiro atoms. The third-order valence-corrected chi connectivity index (χ3v) is 2.79. The smallest absolute Gasteiger partial charge is 0.355 e. The summed E-state index contributed by atoms with van der Waals surface area (Å²) in [5.41, 5.74) is -0.137. The highest BCUT2D eigenvalue weighted by atomic mass is 32.1. The molecule has 2 heterocycles. The fraction of sp³-hybridized carbons (Fsp3) is 0.222. The molecular formula is C9H8N4O4S. The van der Waals surface area contributed by atoms with Crippen LogP contribution in [0.4, 0.5) is 0 Å². The number of carboxylic acid groups (broad SMARTS) is 1. The van der Waals surface area contributed by atoms with E-state index in [-0.39, 0.29) is 10.7 Å². The SMILES string of the molecule is O=C(O)c1csc(C(=O)NCCc2ncno2)n1. The van der Waals surface area contributed by atoms with E-state index in [0.717, 1.165) is 11.3 Å². The van der Waals surface area contributed by atoms with Crippen LogP contribution in [0.15, 0.2) is 16.2 Å². The molecule has 2 aromatic heterocycles. The van der Waals surface area contributed by atoms with Gasteiger partial charge in [-0.25, -0.2) is 9.78 Å². The number of hydrogen-bond acceptors (Lipinski definition) is 7. The van der Waals surface area contributed by atoms with Gasteiger partial charge in [0.2, 0.25) is 5.89 Å². The number of aromatic carboxylic acids is 1. The van der Waals surface area contributed by atoms with E-state index in [1.807, 2.05) is 0 Å². The zero-order chi connectivity index (χ0) is 13.0. The van der Waals surface area contributed by atoms with Gasteiger partial charge < -0.3 is 14.9 Å². The summed E-state index contributed by atoms with van der Waals surface area (Å²) < 4.78 is 4.75. The van der Waals surface area contributed by atoms with Crippen LogP contribution in [0.3, 0.4) is 0 Å². The van der Waals surface area contributed by atoms with Crippen LogP contribution in [0.25, 0.3) is 0 Å². The summed E-state index contributed by atoms with van der Waals surface area (Å²) in [6, 6.07) is 0. The molecule has 18 heavy (non-hydrogen) atoms. The first-order valence-corrected chi connectivity index (χ1v) is 5.77. The van der Waals surface area contributed by atoms with Crippen molar-refractivity contribution in [2.75, 3.05) is 6.54 Å². The Labute approximate surface area is 105 Å². The Morgan fingerprint density at radius 3 is 2.94 bits per heavy atom. The molecular weight excluding hydrogens is 260 g/mol. The molecule has 0 bridgehead atoms. The number of hydrogen-bond donors (Lipinski definition) is 2. The summed E-state index contributed by atoms with van der Waals surface area (Å²) in [7, 11) is 0. The summed E-state index contributed by atoms with van der Waals surface area (Å²) in [5.74, 6) is -1.16. The lowest BCUT2D eigenvalue weighted by Crippen LogP contribution is -2.25. The highest BCUT2D eigenvalue weighted by Gasteiger charge is 2.14. The van der Waals surface area contributed by atoms with Gasteiger partial charge in [-0.1, -0.05) is 5.16 Å². The molecule has 9 heteroatoms. The van der Waals surface area contributed by atoms with E-state index in [9.17, 15) is 9.59 Å². The second-order valence-electron chi connectivity index (χ2n) is 3.18. The van der Waals surface area contributed by atoms with Crippen LogP contribution in [0.2, 0.25) is 0 Å². The van der Waals surface area contributed by atoms with E-state index in [1.165, 1.54) is 11.7 Å². The molecule has 2 aromatic rings. The van der Waals surface area contributed by atoms with Crippen LogP contribution < -0.4 is 5.32 Å². The van der Waals surface area contributed by atoms with Crippen LogP contribution in [0.1, 0.15) is 26.2 Å². The van der Waals surface area contributed by atoms with Crippen LogP contribution in [-0.2, 0) is 6.42 Å².